The van der Waals surface area contributed by atoms with Gasteiger partial charge in [0, 0.05) is 32.1 Å². The monoisotopic (exact) mass is 235 g/mol. The van der Waals surface area contributed by atoms with Gasteiger partial charge < -0.3 is 16.4 Å². The van der Waals surface area contributed by atoms with Crippen LogP contribution in [-0.2, 0) is 4.79 Å². The van der Waals surface area contributed by atoms with Crippen LogP contribution in [0.2, 0.25) is 0 Å². The SMILES string of the molecule is CNC(=O)CC(CN)NC(C)c1ccccc1. The molecular formula is C13H21N3O. The number of hydrogen-bond acceptors (Lipinski definition) is 3. The van der Waals surface area contributed by atoms with Gasteiger partial charge in [-0.3, -0.25) is 4.79 Å². The summed E-state index contributed by atoms with van der Waals surface area (Å²) in [6.45, 7) is 2.52. The van der Waals surface area contributed by atoms with E-state index in [2.05, 4.69) is 29.7 Å². The van der Waals surface area contributed by atoms with Crippen LogP contribution in [0, 0.1) is 0 Å². The predicted molar refractivity (Wildman–Crippen MR) is 69.5 cm³/mol. The lowest BCUT2D eigenvalue weighted by molar-refractivity contribution is -0.121. The van der Waals surface area contributed by atoms with Crippen molar-refractivity contribution in [3.63, 3.8) is 0 Å². The van der Waals surface area contributed by atoms with E-state index in [-0.39, 0.29) is 18.0 Å². The Morgan fingerprint density at radius 2 is 2.00 bits per heavy atom. The molecule has 4 N–H and O–H groups in total. The number of amides is 1. The van der Waals surface area contributed by atoms with Gasteiger partial charge in [0.25, 0.3) is 0 Å². The molecule has 0 aliphatic rings. The first-order valence-electron chi connectivity index (χ1n) is 5.89. The highest BCUT2D eigenvalue weighted by atomic mass is 16.1. The van der Waals surface area contributed by atoms with Crippen molar-refractivity contribution in [2.45, 2.75) is 25.4 Å². The smallest absolute Gasteiger partial charge is 0.221 e. The highest BCUT2D eigenvalue weighted by Gasteiger charge is 2.14. The molecule has 0 saturated carbocycles. The van der Waals surface area contributed by atoms with E-state index >= 15 is 0 Å². The van der Waals surface area contributed by atoms with Crippen LogP contribution in [0.3, 0.4) is 0 Å². The van der Waals surface area contributed by atoms with Crippen molar-refractivity contribution in [3.05, 3.63) is 35.9 Å². The molecule has 94 valence electrons. The summed E-state index contributed by atoms with van der Waals surface area (Å²) in [5.74, 6) is 0.00760. The Balaban J connectivity index is 2.53. The number of carbonyl (C=O) groups is 1. The van der Waals surface area contributed by atoms with Crippen LogP contribution in [0.4, 0.5) is 0 Å². The highest BCUT2D eigenvalue weighted by Crippen LogP contribution is 2.12. The normalized spacial score (nSPS) is 14.1. The maximum Gasteiger partial charge on any atom is 0.221 e. The zero-order valence-corrected chi connectivity index (χ0v) is 10.4. The lowest BCUT2D eigenvalue weighted by atomic mass is 10.1. The summed E-state index contributed by atoms with van der Waals surface area (Å²) in [5, 5.41) is 5.97. The molecule has 0 saturated heterocycles. The summed E-state index contributed by atoms with van der Waals surface area (Å²) >= 11 is 0. The maximum atomic E-state index is 11.3. The number of nitrogens with two attached hydrogens (primary N) is 1. The first kappa shape index (κ1) is 13.7. The van der Waals surface area contributed by atoms with Gasteiger partial charge in [0.1, 0.15) is 0 Å². The molecule has 4 heteroatoms. The van der Waals surface area contributed by atoms with Gasteiger partial charge in [-0.2, -0.15) is 0 Å². The van der Waals surface area contributed by atoms with Gasteiger partial charge in [0.15, 0.2) is 0 Å². The average molecular weight is 235 g/mol. The minimum atomic E-state index is 0.00477. The second kappa shape index (κ2) is 7.04. The van der Waals surface area contributed by atoms with Crippen molar-refractivity contribution in [1.82, 2.24) is 10.6 Å². The van der Waals surface area contributed by atoms with Crippen LogP contribution in [0.5, 0.6) is 0 Å². The first-order chi connectivity index (χ1) is 8.17. The Morgan fingerprint density at radius 1 is 1.35 bits per heavy atom. The molecule has 0 heterocycles. The molecule has 2 atom stereocenters. The van der Waals surface area contributed by atoms with E-state index in [9.17, 15) is 4.79 Å². The van der Waals surface area contributed by atoms with E-state index in [4.69, 9.17) is 5.73 Å². The molecule has 1 aromatic carbocycles. The molecule has 17 heavy (non-hydrogen) atoms. The molecule has 1 amide bonds. The fourth-order valence-corrected chi connectivity index (χ4v) is 1.73. The van der Waals surface area contributed by atoms with Crippen molar-refractivity contribution in [2.75, 3.05) is 13.6 Å². The molecule has 0 bridgehead atoms. The van der Waals surface area contributed by atoms with Crippen molar-refractivity contribution in [3.8, 4) is 0 Å². The molecule has 0 aliphatic heterocycles. The lowest BCUT2D eigenvalue weighted by Crippen LogP contribution is -2.41. The second-order valence-corrected chi connectivity index (χ2v) is 4.11. The van der Waals surface area contributed by atoms with Crippen molar-refractivity contribution < 1.29 is 4.79 Å². The number of nitrogens with one attached hydrogen (secondary N) is 2. The molecule has 0 spiro atoms. The molecule has 1 aromatic rings. The molecule has 0 fully saturated rings. The van der Waals surface area contributed by atoms with Crippen LogP contribution in [-0.4, -0.2) is 25.5 Å². The number of hydrogen-bond donors (Lipinski definition) is 3. The van der Waals surface area contributed by atoms with Gasteiger partial charge in [-0.1, -0.05) is 30.3 Å². The summed E-state index contributed by atoms with van der Waals surface area (Å²) in [4.78, 5) is 11.3. The quantitative estimate of drug-likeness (QED) is 0.683. The summed E-state index contributed by atoms with van der Waals surface area (Å²) in [5.41, 5.74) is 6.86. The zero-order chi connectivity index (χ0) is 12.7. The fraction of sp³-hybridized carbons (Fsp3) is 0.462. The van der Waals surface area contributed by atoms with Crippen molar-refractivity contribution in [2.24, 2.45) is 5.73 Å². The maximum absolute atomic E-state index is 11.3. The van der Waals surface area contributed by atoms with Crippen LogP contribution < -0.4 is 16.4 Å². The van der Waals surface area contributed by atoms with Gasteiger partial charge in [0.2, 0.25) is 5.91 Å². The third kappa shape index (κ3) is 4.54. The summed E-state index contributed by atoms with van der Waals surface area (Å²) < 4.78 is 0. The average Bonchev–Trinajstić information content (AvgIpc) is 2.38. The predicted octanol–water partition coefficient (Wildman–Crippen LogP) is 0.801. The number of rotatable bonds is 6. The van der Waals surface area contributed by atoms with Gasteiger partial charge in [-0.25, -0.2) is 0 Å². The molecule has 0 aromatic heterocycles. The molecule has 4 nitrogen and oxygen atoms in total. The minimum Gasteiger partial charge on any atom is -0.359 e. The molecule has 1 rings (SSSR count). The number of carbonyl (C=O) groups excluding carboxylic acids is 1. The van der Waals surface area contributed by atoms with Crippen molar-refractivity contribution in [1.29, 1.82) is 0 Å². The Labute approximate surface area is 103 Å². The van der Waals surface area contributed by atoms with Crippen molar-refractivity contribution >= 4 is 5.91 Å². The Morgan fingerprint density at radius 3 is 2.53 bits per heavy atom. The standard InChI is InChI=1S/C13H21N3O/c1-10(11-6-4-3-5-7-11)16-12(9-14)8-13(17)15-2/h3-7,10,12,16H,8-9,14H2,1-2H3,(H,15,17). The van der Waals surface area contributed by atoms with Crippen LogP contribution in [0.25, 0.3) is 0 Å². The van der Waals surface area contributed by atoms with E-state index in [1.807, 2.05) is 18.2 Å². The fourth-order valence-electron chi connectivity index (χ4n) is 1.73. The lowest BCUT2D eigenvalue weighted by Gasteiger charge is -2.21. The third-order valence-corrected chi connectivity index (χ3v) is 2.78. The van der Waals surface area contributed by atoms with Crippen LogP contribution in [0.1, 0.15) is 24.9 Å². The van der Waals surface area contributed by atoms with Crippen LogP contribution in [0.15, 0.2) is 30.3 Å². The zero-order valence-electron chi connectivity index (χ0n) is 10.4. The second-order valence-electron chi connectivity index (χ2n) is 4.11. The molecule has 2 unspecified atom stereocenters. The summed E-state index contributed by atoms with van der Waals surface area (Å²) in [6.07, 6.45) is 0.407. The largest absolute Gasteiger partial charge is 0.359 e. The Hall–Kier alpha value is -1.39. The minimum absolute atomic E-state index is 0.00477. The van der Waals surface area contributed by atoms with E-state index in [0.717, 1.165) is 0 Å². The first-order valence-corrected chi connectivity index (χ1v) is 5.89. The third-order valence-electron chi connectivity index (χ3n) is 2.78. The summed E-state index contributed by atoms with van der Waals surface area (Å²) in [7, 11) is 1.64. The van der Waals surface area contributed by atoms with Gasteiger partial charge in [-0.15, -0.1) is 0 Å². The van der Waals surface area contributed by atoms with E-state index in [1.54, 1.807) is 7.05 Å². The van der Waals surface area contributed by atoms with E-state index in [1.165, 1.54) is 5.56 Å². The topological polar surface area (TPSA) is 67.2 Å². The number of benzene rings is 1. The molecule has 0 aliphatic carbocycles. The highest BCUT2D eigenvalue weighted by molar-refractivity contribution is 5.76. The molecular weight excluding hydrogens is 214 g/mol. The van der Waals surface area contributed by atoms with E-state index in [0.29, 0.717) is 13.0 Å². The van der Waals surface area contributed by atoms with Gasteiger partial charge in [-0.05, 0) is 12.5 Å². The summed E-state index contributed by atoms with van der Waals surface area (Å²) in [6, 6.07) is 10.3. The Kier molecular flexibility index (Phi) is 5.66. The van der Waals surface area contributed by atoms with Gasteiger partial charge in [0.05, 0.1) is 0 Å². The van der Waals surface area contributed by atoms with Crippen LogP contribution >= 0.6 is 0 Å². The Bertz CT molecular complexity index is 340. The van der Waals surface area contributed by atoms with Gasteiger partial charge >= 0.3 is 0 Å². The van der Waals surface area contributed by atoms with E-state index < -0.39 is 0 Å². The molecule has 0 radical (unpaired) electrons.